The Kier molecular flexibility index (Phi) is 4.67. The van der Waals surface area contributed by atoms with Crippen LogP contribution < -0.4 is 5.32 Å². The van der Waals surface area contributed by atoms with Crippen LogP contribution in [-0.2, 0) is 9.53 Å². The van der Waals surface area contributed by atoms with E-state index in [9.17, 15) is 14.3 Å². The number of nitrogens with one attached hydrogen (secondary N) is 1. The summed E-state index contributed by atoms with van der Waals surface area (Å²) < 4.78 is 18.1. The summed E-state index contributed by atoms with van der Waals surface area (Å²) >= 11 is 0. The van der Waals surface area contributed by atoms with E-state index in [1.54, 1.807) is 19.9 Å². The molecule has 1 aromatic rings. The largest absolute Gasteiger partial charge is 0.480 e. The highest BCUT2D eigenvalue weighted by Crippen LogP contribution is 2.21. The smallest absolute Gasteiger partial charge is 0.329 e. The maximum absolute atomic E-state index is 13.2. The molecule has 100 valence electrons. The molecule has 0 aromatic heterocycles. The average molecular weight is 255 g/mol. The van der Waals surface area contributed by atoms with Crippen LogP contribution in [0.15, 0.2) is 18.2 Å². The fourth-order valence-electron chi connectivity index (χ4n) is 1.66. The molecule has 0 fully saturated rings. The number of methoxy groups -OCH3 is 1. The van der Waals surface area contributed by atoms with Crippen molar-refractivity contribution in [1.29, 1.82) is 0 Å². The third-order valence-corrected chi connectivity index (χ3v) is 2.74. The molecule has 2 N–H and O–H groups in total. The maximum Gasteiger partial charge on any atom is 0.329 e. The second-order valence-corrected chi connectivity index (χ2v) is 4.52. The number of hydrogen-bond acceptors (Lipinski definition) is 3. The third-order valence-electron chi connectivity index (χ3n) is 2.74. The number of carboxylic acids is 1. The highest BCUT2D eigenvalue weighted by atomic mass is 19.1. The highest BCUT2D eigenvalue weighted by molar-refractivity contribution is 5.82. The van der Waals surface area contributed by atoms with Gasteiger partial charge in [-0.1, -0.05) is 0 Å². The molecule has 1 rings (SSSR count). The van der Waals surface area contributed by atoms with Gasteiger partial charge in [0.15, 0.2) is 0 Å². The molecule has 0 heterocycles. The fourth-order valence-corrected chi connectivity index (χ4v) is 1.66. The maximum atomic E-state index is 13.2. The molecule has 0 radical (unpaired) electrons. The Labute approximate surface area is 106 Å². The zero-order valence-corrected chi connectivity index (χ0v) is 10.8. The van der Waals surface area contributed by atoms with E-state index in [1.165, 1.54) is 19.2 Å². The number of halogens is 1. The van der Waals surface area contributed by atoms with Gasteiger partial charge in [0.25, 0.3) is 0 Å². The summed E-state index contributed by atoms with van der Waals surface area (Å²) in [5.41, 5.74) is 0.00135. The van der Waals surface area contributed by atoms with Crippen LogP contribution in [0.2, 0.25) is 0 Å². The molecule has 4 nitrogen and oxygen atoms in total. The van der Waals surface area contributed by atoms with Crippen molar-refractivity contribution < 1.29 is 19.0 Å². The standard InChI is InChI=1S/C13H18FNO3/c1-9-6-10(14)8-11(7-9)15-13(2,12(16)17)4-5-18-3/h6-8,15H,4-5H2,1-3H3,(H,16,17). The van der Waals surface area contributed by atoms with Crippen LogP contribution in [-0.4, -0.2) is 30.3 Å². The molecule has 0 aliphatic carbocycles. The first-order valence-corrected chi connectivity index (χ1v) is 5.65. The van der Waals surface area contributed by atoms with Gasteiger partial charge in [-0.25, -0.2) is 9.18 Å². The molecular weight excluding hydrogens is 237 g/mol. The summed E-state index contributed by atoms with van der Waals surface area (Å²) in [6, 6.07) is 4.37. The predicted molar refractivity (Wildman–Crippen MR) is 67.3 cm³/mol. The van der Waals surface area contributed by atoms with E-state index < -0.39 is 17.3 Å². The SMILES string of the molecule is COCCC(C)(Nc1cc(C)cc(F)c1)C(=O)O. The predicted octanol–water partition coefficient (Wildman–Crippen LogP) is 2.43. The lowest BCUT2D eigenvalue weighted by Gasteiger charge is -2.27. The van der Waals surface area contributed by atoms with Crippen LogP contribution >= 0.6 is 0 Å². The first-order chi connectivity index (χ1) is 8.37. The zero-order chi connectivity index (χ0) is 13.8. The lowest BCUT2D eigenvalue weighted by molar-refractivity contribution is -0.142. The molecular formula is C13H18FNO3. The summed E-state index contributed by atoms with van der Waals surface area (Å²) in [5.74, 6) is -1.39. The Morgan fingerprint density at radius 2 is 2.17 bits per heavy atom. The quantitative estimate of drug-likeness (QED) is 0.819. The monoisotopic (exact) mass is 255 g/mol. The van der Waals surface area contributed by atoms with Gasteiger partial charge in [-0.05, 0) is 37.6 Å². The molecule has 0 aliphatic rings. The minimum atomic E-state index is -1.18. The van der Waals surface area contributed by atoms with Gasteiger partial charge in [0, 0.05) is 25.8 Å². The molecule has 5 heteroatoms. The van der Waals surface area contributed by atoms with Crippen LogP contribution in [0.4, 0.5) is 10.1 Å². The fraction of sp³-hybridized carbons (Fsp3) is 0.462. The number of benzene rings is 1. The number of aliphatic carboxylic acids is 1. The summed E-state index contributed by atoms with van der Waals surface area (Å²) in [6.07, 6.45) is 0.286. The molecule has 0 amide bonds. The first-order valence-electron chi connectivity index (χ1n) is 5.65. The van der Waals surface area contributed by atoms with Gasteiger partial charge < -0.3 is 15.2 Å². The van der Waals surface area contributed by atoms with Gasteiger partial charge in [-0.3, -0.25) is 0 Å². The van der Waals surface area contributed by atoms with E-state index in [0.717, 1.165) is 5.56 Å². The van der Waals surface area contributed by atoms with Gasteiger partial charge in [-0.15, -0.1) is 0 Å². The van der Waals surface area contributed by atoms with Crippen LogP contribution in [0, 0.1) is 12.7 Å². The molecule has 0 aliphatic heterocycles. The summed E-state index contributed by atoms with van der Waals surface area (Å²) in [6.45, 7) is 3.61. The van der Waals surface area contributed by atoms with E-state index >= 15 is 0 Å². The Bertz CT molecular complexity index is 416. The number of carbonyl (C=O) groups is 1. The van der Waals surface area contributed by atoms with Crippen molar-refractivity contribution in [3.63, 3.8) is 0 Å². The first kappa shape index (κ1) is 14.4. The van der Waals surface area contributed by atoms with Crippen molar-refractivity contribution >= 4 is 11.7 Å². The van der Waals surface area contributed by atoms with E-state index in [-0.39, 0.29) is 6.42 Å². The number of ether oxygens (including phenoxy) is 1. The van der Waals surface area contributed by atoms with Gasteiger partial charge >= 0.3 is 5.97 Å². The molecule has 1 aromatic carbocycles. The third kappa shape index (κ3) is 3.70. The molecule has 1 unspecified atom stereocenters. The molecule has 18 heavy (non-hydrogen) atoms. The molecule has 1 atom stereocenters. The Morgan fingerprint density at radius 1 is 1.50 bits per heavy atom. The van der Waals surface area contributed by atoms with E-state index in [0.29, 0.717) is 12.3 Å². The topological polar surface area (TPSA) is 58.6 Å². The van der Waals surface area contributed by atoms with E-state index in [2.05, 4.69) is 5.32 Å². The van der Waals surface area contributed by atoms with Crippen molar-refractivity contribution in [3.05, 3.63) is 29.6 Å². The van der Waals surface area contributed by atoms with Gasteiger partial charge in [0.2, 0.25) is 0 Å². The summed E-state index contributed by atoms with van der Waals surface area (Å²) in [4.78, 5) is 11.3. The van der Waals surface area contributed by atoms with Crippen LogP contribution in [0.25, 0.3) is 0 Å². The Balaban J connectivity index is 2.92. The van der Waals surface area contributed by atoms with Crippen molar-refractivity contribution in [2.24, 2.45) is 0 Å². The lowest BCUT2D eigenvalue weighted by atomic mass is 9.97. The van der Waals surface area contributed by atoms with E-state index in [4.69, 9.17) is 4.74 Å². The highest BCUT2D eigenvalue weighted by Gasteiger charge is 2.32. The van der Waals surface area contributed by atoms with Crippen LogP contribution in [0.5, 0.6) is 0 Å². The number of rotatable bonds is 6. The number of carboxylic acid groups (broad SMARTS) is 1. The van der Waals surface area contributed by atoms with Crippen molar-refractivity contribution in [3.8, 4) is 0 Å². The van der Waals surface area contributed by atoms with Crippen LogP contribution in [0.3, 0.4) is 0 Å². The zero-order valence-electron chi connectivity index (χ0n) is 10.8. The Morgan fingerprint density at radius 3 is 2.67 bits per heavy atom. The van der Waals surface area contributed by atoms with Crippen LogP contribution in [0.1, 0.15) is 18.9 Å². The van der Waals surface area contributed by atoms with Crippen molar-refractivity contribution in [2.45, 2.75) is 25.8 Å². The second-order valence-electron chi connectivity index (χ2n) is 4.52. The lowest BCUT2D eigenvalue weighted by Crippen LogP contribution is -2.44. The normalized spacial score (nSPS) is 14.0. The average Bonchev–Trinajstić information content (AvgIpc) is 2.24. The number of aryl methyl sites for hydroxylation is 1. The van der Waals surface area contributed by atoms with Crippen molar-refractivity contribution in [1.82, 2.24) is 0 Å². The Hall–Kier alpha value is -1.62. The number of hydrogen-bond donors (Lipinski definition) is 2. The van der Waals surface area contributed by atoms with Crippen molar-refractivity contribution in [2.75, 3.05) is 19.0 Å². The molecule has 0 spiro atoms. The van der Waals surface area contributed by atoms with Gasteiger partial charge in [0.1, 0.15) is 11.4 Å². The van der Waals surface area contributed by atoms with E-state index in [1.807, 2.05) is 0 Å². The summed E-state index contributed by atoms with van der Waals surface area (Å²) in [7, 11) is 1.51. The molecule has 0 saturated heterocycles. The molecule has 0 saturated carbocycles. The minimum absolute atomic E-state index is 0.286. The minimum Gasteiger partial charge on any atom is -0.480 e. The van der Waals surface area contributed by atoms with Gasteiger partial charge in [0.05, 0.1) is 0 Å². The second kappa shape index (κ2) is 5.82. The summed E-state index contributed by atoms with van der Waals surface area (Å²) in [5, 5.41) is 12.1. The molecule has 0 bridgehead atoms. The van der Waals surface area contributed by atoms with Gasteiger partial charge in [-0.2, -0.15) is 0 Å². The number of anilines is 1.